The first kappa shape index (κ1) is 17.8. The Kier molecular flexibility index (Phi) is 5.14. The number of carbonyl (C=O) groups is 2. The SMILES string of the molecule is COc1cccc(NC(=O)c2sccc2N(C(=O)O)C(C)(C)C)c1. The van der Waals surface area contributed by atoms with Crippen molar-refractivity contribution in [3.05, 3.63) is 40.6 Å². The van der Waals surface area contributed by atoms with Crippen molar-refractivity contribution in [2.24, 2.45) is 0 Å². The lowest BCUT2D eigenvalue weighted by Crippen LogP contribution is -2.45. The zero-order chi connectivity index (χ0) is 17.9. The average molecular weight is 348 g/mol. The lowest BCUT2D eigenvalue weighted by molar-refractivity contribution is 0.103. The van der Waals surface area contributed by atoms with Crippen LogP contribution in [0, 0.1) is 0 Å². The van der Waals surface area contributed by atoms with Gasteiger partial charge in [-0.15, -0.1) is 11.3 Å². The number of benzene rings is 1. The molecule has 2 aromatic rings. The molecule has 0 bridgehead atoms. The van der Waals surface area contributed by atoms with Crippen molar-refractivity contribution in [1.29, 1.82) is 0 Å². The Morgan fingerprint density at radius 1 is 1.25 bits per heavy atom. The van der Waals surface area contributed by atoms with Gasteiger partial charge < -0.3 is 15.2 Å². The highest BCUT2D eigenvalue weighted by Gasteiger charge is 2.31. The number of hydrogen-bond acceptors (Lipinski definition) is 4. The van der Waals surface area contributed by atoms with Gasteiger partial charge in [-0.05, 0) is 44.4 Å². The van der Waals surface area contributed by atoms with Crippen LogP contribution >= 0.6 is 11.3 Å². The number of rotatable bonds is 4. The van der Waals surface area contributed by atoms with E-state index < -0.39 is 11.6 Å². The second-order valence-electron chi connectivity index (χ2n) is 6.11. The van der Waals surface area contributed by atoms with Gasteiger partial charge in [0, 0.05) is 17.3 Å². The molecule has 0 aliphatic heterocycles. The van der Waals surface area contributed by atoms with E-state index in [2.05, 4.69) is 5.32 Å². The quantitative estimate of drug-likeness (QED) is 0.864. The molecule has 0 saturated carbocycles. The van der Waals surface area contributed by atoms with Gasteiger partial charge in [-0.2, -0.15) is 0 Å². The van der Waals surface area contributed by atoms with Crippen molar-refractivity contribution in [3.63, 3.8) is 0 Å². The maximum atomic E-state index is 12.6. The summed E-state index contributed by atoms with van der Waals surface area (Å²) in [5.41, 5.74) is 0.287. The minimum Gasteiger partial charge on any atom is -0.497 e. The van der Waals surface area contributed by atoms with Crippen molar-refractivity contribution in [2.45, 2.75) is 26.3 Å². The summed E-state index contributed by atoms with van der Waals surface area (Å²) in [6.45, 7) is 5.34. The molecule has 2 N–H and O–H groups in total. The van der Waals surface area contributed by atoms with Crippen LogP contribution in [0.5, 0.6) is 5.75 Å². The van der Waals surface area contributed by atoms with Crippen molar-refractivity contribution >= 4 is 34.7 Å². The van der Waals surface area contributed by atoms with E-state index in [4.69, 9.17) is 4.74 Å². The van der Waals surface area contributed by atoms with Crippen molar-refractivity contribution in [3.8, 4) is 5.75 Å². The Morgan fingerprint density at radius 2 is 1.96 bits per heavy atom. The Bertz CT molecular complexity index is 749. The normalized spacial score (nSPS) is 11.0. The fraction of sp³-hybridized carbons (Fsp3) is 0.294. The summed E-state index contributed by atoms with van der Waals surface area (Å²) in [5.74, 6) is 0.268. The number of ether oxygens (including phenoxy) is 1. The largest absolute Gasteiger partial charge is 0.497 e. The molecule has 24 heavy (non-hydrogen) atoms. The van der Waals surface area contributed by atoms with Crippen LogP contribution in [0.1, 0.15) is 30.4 Å². The van der Waals surface area contributed by atoms with Crippen LogP contribution in [0.25, 0.3) is 0 Å². The third kappa shape index (κ3) is 3.86. The number of carboxylic acid groups (broad SMARTS) is 1. The summed E-state index contributed by atoms with van der Waals surface area (Å²) >= 11 is 1.20. The molecule has 7 heteroatoms. The monoisotopic (exact) mass is 348 g/mol. The number of anilines is 2. The number of nitrogens with one attached hydrogen (secondary N) is 1. The van der Waals surface area contributed by atoms with Gasteiger partial charge in [-0.3, -0.25) is 9.69 Å². The van der Waals surface area contributed by atoms with Gasteiger partial charge in [0.2, 0.25) is 0 Å². The summed E-state index contributed by atoms with van der Waals surface area (Å²) in [6, 6.07) is 8.63. The summed E-state index contributed by atoms with van der Waals surface area (Å²) in [4.78, 5) is 25.8. The van der Waals surface area contributed by atoms with Crippen LogP contribution < -0.4 is 15.0 Å². The zero-order valence-corrected chi connectivity index (χ0v) is 14.8. The molecule has 1 heterocycles. The van der Waals surface area contributed by atoms with E-state index in [9.17, 15) is 14.7 Å². The topological polar surface area (TPSA) is 78.9 Å². The minimum atomic E-state index is -1.10. The molecule has 1 aromatic carbocycles. The summed E-state index contributed by atoms with van der Waals surface area (Å²) in [6.07, 6.45) is -1.10. The predicted octanol–water partition coefficient (Wildman–Crippen LogP) is 4.29. The maximum absolute atomic E-state index is 12.6. The molecule has 0 spiro atoms. The minimum absolute atomic E-state index is 0.343. The highest BCUT2D eigenvalue weighted by Crippen LogP contribution is 2.32. The molecule has 0 aliphatic carbocycles. The zero-order valence-electron chi connectivity index (χ0n) is 14.0. The highest BCUT2D eigenvalue weighted by atomic mass is 32.1. The Hall–Kier alpha value is -2.54. The molecule has 2 amide bonds. The molecule has 0 fully saturated rings. The average Bonchev–Trinajstić information content (AvgIpc) is 2.94. The Morgan fingerprint density at radius 3 is 2.54 bits per heavy atom. The fourth-order valence-corrected chi connectivity index (χ4v) is 3.06. The van der Waals surface area contributed by atoms with E-state index in [1.165, 1.54) is 16.2 Å². The van der Waals surface area contributed by atoms with E-state index in [1.807, 2.05) is 0 Å². The van der Waals surface area contributed by atoms with Gasteiger partial charge >= 0.3 is 6.09 Å². The lowest BCUT2D eigenvalue weighted by atomic mass is 10.1. The van der Waals surface area contributed by atoms with Gasteiger partial charge in [0.15, 0.2) is 0 Å². The number of methoxy groups -OCH3 is 1. The third-order valence-corrected chi connectivity index (χ3v) is 4.18. The van der Waals surface area contributed by atoms with Crippen molar-refractivity contribution in [2.75, 3.05) is 17.3 Å². The maximum Gasteiger partial charge on any atom is 0.412 e. The third-order valence-electron chi connectivity index (χ3n) is 3.28. The number of amides is 2. The second kappa shape index (κ2) is 6.92. The van der Waals surface area contributed by atoms with E-state index in [0.717, 1.165) is 0 Å². The van der Waals surface area contributed by atoms with E-state index in [1.54, 1.807) is 63.6 Å². The van der Waals surface area contributed by atoms with Crippen molar-refractivity contribution < 1.29 is 19.4 Å². The first-order valence-corrected chi connectivity index (χ1v) is 8.18. The Labute approximate surface area is 144 Å². The molecular weight excluding hydrogens is 328 g/mol. The first-order chi connectivity index (χ1) is 11.2. The van der Waals surface area contributed by atoms with Gasteiger partial charge in [0.1, 0.15) is 10.6 Å². The number of hydrogen-bond donors (Lipinski definition) is 2. The lowest BCUT2D eigenvalue weighted by Gasteiger charge is -2.33. The second-order valence-corrected chi connectivity index (χ2v) is 7.03. The molecule has 2 rings (SSSR count). The summed E-state index contributed by atoms with van der Waals surface area (Å²) in [7, 11) is 1.55. The van der Waals surface area contributed by atoms with Gasteiger partial charge in [0.05, 0.1) is 12.8 Å². The predicted molar refractivity (Wildman–Crippen MR) is 95.5 cm³/mol. The van der Waals surface area contributed by atoms with Crippen molar-refractivity contribution in [1.82, 2.24) is 0 Å². The molecular formula is C17H20N2O4S. The van der Waals surface area contributed by atoms with Gasteiger partial charge in [0.25, 0.3) is 5.91 Å². The molecule has 0 saturated heterocycles. The molecule has 6 nitrogen and oxygen atoms in total. The van der Waals surface area contributed by atoms with E-state index >= 15 is 0 Å². The number of nitrogens with zero attached hydrogens (tertiary/aromatic N) is 1. The fourth-order valence-electron chi connectivity index (χ4n) is 2.29. The first-order valence-electron chi connectivity index (χ1n) is 7.30. The van der Waals surface area contributed by atoms with Gasteiger partial charge in [-0.25, -0.2) is 4.79 Å². The molecule has 1 aromatic heterocycles. The van der Waals surface area contributed by atoms with Crippen LogP contribution in [-0.4, -0.2) is 29.8 Å². The van der Waals surface area contributed by atoms with Crippen LogP contribution in [0.15, 0.2) is 35.7 Å². The standard InChI is InChI=1S/C17H20N2O4S/c1-17(2,3)19(16(21)22)13-8-9-24-14(13)15(20)18-11-6-5-7-12(10-11)23-4/h5-10H,1-4H3,(H,18,20)(H,21,22). The number of thiophene rings is 1. The van der Waals surface area contributed by atoms with Crippen LogP contribution in [0.4, 0.5) is 16.2 Å². The van der Waals surface area contributed by atoms with Crippen LogP contribution in [-0.2, 0) is 0 Å². The molecule has 0 radical (unpaired) electrons. The summed E-state index contributed by atoms with van der Waals surface area (Å²) in [5, 5.41) is 14.0. The molecule has 0 unspecified atom stereocenters. The van der Waals surface area contributed by atoms with Crippen LogP contribution in [0.2, 0.25) is 0 Å². The Balaban J connectivity index is 2.31. The highest BCUT2D eigenvalue weighted by molar-refractivity contribution is 7.12. The molecule has 128 valence electrons. The summed E-state index contributed by atoms with van der Waals surface area (Å²) < 4.78 is 5.13. The van der Waals surface area contributed by atoms with Crippen LogP contribution in [0.3, 0.4) is 0 Å². The molecule has 0 aliphatic rings. The molecule has 0 atom stereocenters. The van der Waals surface area contributed by atoms with E-state index in [0.29, 0.717) is 22.0 Å². The smallest absolute Gasteiger partial charge is 0.412 e. The number of carbonyl (C=O) groups excluding carboxylic acids is 1. The van der Waals surface area contributed by atoms with E-state index in [-0.39, 0.29) is 5.91 Å². The van der Waals surface area contributed by atoms with Gasteiger partial charge in [-0.1, -0.05) is 6.07 Å².